The van der Waals surface area contributed by atoms with Crippen LogP contribution in [0.25, 0.3) is 11.1 Å². The molecule has 0 heterocycles. The molecule has 25 heavy (non-hydrogen) atoms. The van der Waals surface area contributed by atoms with Gasteiger partial charge in [0, 0.05) is 0 Å². The lowest BCUT2D eigenvalue weighted by molar-refractivity contribution is -0.0498. The van der Waals surface area contributed by atoms with Gasteiger partial charge in [-0.25, -0.2) is 0 Å². The van der Waals surface area contributed by atoms with Gasteiger partial charge in [-0.2, -0.15) is 8.78 Å². The van der Waals surface area contributed by atoms with Crippen LogP contribution in [-0.4, -0.2) is 6.61 Å². The quantitative estimate of drug-likeness (QED) is 0.535. The van der Waals surface area contributed by atoms with Gasteiger partial charge in [-0.05, 0) is 73.8 Å². The highest BCUT2D eigenvalue weighted by Gasteiger charge is 2.12. The Morgan fingerprint density at radius 3 is 2.20 bits per heavy atom. The van der Waals surface area contributed by atoms with Crippen molar-refractivity contribution < 1.29 is 13.5 Å². The Kier molecular flexibility index (Phi) is 5.85. The number of allylic oxidation sites excluding steroid dienone is 2. The minimum atomic E-state index is -2.78. The molecule has 0 bridgehead atoms. The Balaban J connectivity index is 1.56. The lowest BCUT2D eigenvalue weighted by Crippen LogP contribution is -2.06. The molecule has 1 atom stereocenters. The molecule has 0 spiro atoms. The fourth-order valence-corrected chi connectivity index (χ4v) is 3.35. The summed E-state index contributed by atoms with van der Waals surface area (Å²) < 4.78 is 28.8. The van der Waals surface area contributed by atoms with Gasteiger partial charge < -0.3 is 4.74 Å². The maximum atomic E-state index is 12.2. The Labute approximate surface area is 148 Å². The standard InChI is InChI=1S/C22H24F2O/c1-16-2-4-17(5-3-16)6-7-18-8-10-19(11-9-18)20-12-14-21(15-13-20)25-22(23)24/h2,8-15,17,22H,3-7H2,1H3. The summed E-state index contributed by atoms with van der Waals surface area (Å²) in [6.07, 6.45) is 8.51. The van der Waals surface area contributed by atoms with Gasteiger partial charge in [0.25, 0.3) is 0 Å². The minimum Gasteiger partial charge on any atom is -0.435 e. The van der Waals surface area contributed by atoms with E-state index in [4.69, 9.17) is 0 Å². The van der Waals surface area contributed by atoms with E-state index in [1.54, 1.807) is 12.1 Å². The van der Waals surface area contributed by atoms with Crippen LogP contribution in [0.5, 0.6) is 5.75 Å². The first-order valence-electron chi connectivity index (χ1n) is 8.90. The number of aryl methyl sites for hydroxylation is 1. The topological polar surface area (TPSA) is 9.23 Å². The molecule has 3 rings (SSSR count). The fourth-order valence-electron chi connectivity index (χ4n) is 3.35. The van der Waals surface area contributed by atoms with Crippen molar-refractivity contribution in [2.45, 2.75) is 45.6 Å². The minimum absolute atomic E-state index is 0.187. The van der Waals surface area contributed by atoms with Crippen LogP contribution in [0.3, 0.4) is 0 Å². The molecule has 0 radical (unpaired) electrons. The Bertz CT molecular complexity index is 702. The van der Waals surface area contributed by atoms with Crippen LogP contribution in [0.2, 0.25) is 0 Å². The molecule has 2 aromatic rings. The normalized spacial score (nSPS) is 17.4. The van der Waals surface area contributed by atoms with E-state index in [0.29, 0.717) is 0 Å². The van der Waals surface area contributed by atoms with Crippen molar-refractivity contribution in [1.29, 1.82) is 0 Å². The number of alkyl halides is 2. The average Bonchev–Trinajstić information content (AvgIpc) is 2.62. The number of hydrogen-bond donors (Lipinski definition) is 0. The molecule has 1 aliphatic rings. The van der Waals surface area contributed by atoms with Crippen LogP contribution in [0.4, 0.5) is 8.78 Å². The molecule has 132 valence electrons. The molecule has 0 fully saturated rings. The summed E-state index contributed by atoms with van der Waals surface area (Å²) in [7, 11) is 0. The van der Waals surface area contributed by atoms with Gasteiger partial charge in [0.15, 0.2) is 0 Å². The summed E-state index contributed by atoms with van der Waals surface area (Å²) in [6, 6.07) is 15.3. The van der Waals surface area contributed by atoms with Crippen LogP contribution in [-0.2, 0) is 6.42 Å². The second-order valence-electron chi connectivity index (χ2n) is 6.83. The molecule has 2 aromatic carbocycles. The second kappa shape index (κ2) is 8.28. The van der Waals surface area contributed by atoms with Crippen LogP contribution >= 0.6 is 0 Å². The first-order valence-corrected chi connectivity index (χ1v) is 8.90. The zero-order chi connectivity index (χ0) is 17.6. The molecule has 1 unspecified atom stereocenters. The number of rotatable bonds is 6. The highest BCUT2D eigenvalue weighted by Crippen LogP contribution is 2.28. The van der Waals surface area contributed by atoms with Gasteiger partial charge in [-0.15, -0.1) is 0 Å². The number of halogens is 2. The maximum Gasteiger partial charge on any atom is 0.387 e. The van der Waals surface area contributed by atoms with E-state index < -0.39 is 6.61 Å². The van der Waals surface area contributed by atoms with E-state index in [0.717, 1.165) is 23.5 Å². The predicted octanol–water partition coefficient (Wildman–Crippen LogP) is 6.63. The van der Waals surface area contributed by atoms with E-state index in [9.17, 15) is 8.78 Å². The first-order chi connectivity index (χ1) is 12.1. The highest BCUT2D eigenvalue weighted by atomic mass is 19.3. The van der Waals surface area contributed by atoms with Crippen molar-refractivity contribution >= 4 is 0 Å². The highest BCUT2D eigenvalue weighted by molar-refractivity contribution is 5.64. The predicted molar refractivity (Wildman–Crippen MR) is 97.9 cm³/mol. The zero-order valence-electron chi connectivity index (χ0n) is 14.6. The molecule has 1 nitrogen and oxygen atoms in total. The van der Waals surface area contributed by atoms with Gasteiger partial charge in [-0.1, -0.05) is 48.0 Å². The van der Waals surface area contributed by atoms with Crippen LogP contribution in [0, 0.1) is 5.92 Å². The van der Waals surface area contributed by atoms with Gasteiger partial charge >= 0.3 is 6.61 Å². The first kappa shape index (κ1) is 17.7. The summed E-state index contributed by atoms with van der Waals surface area (Å²) in [4.78, 5) is 0. The average molecular weight is 342 g/mol. The number of benzene rings is 2. The van der Waals surface area contributed by atoms with Crippen molar-refractivity contribution in [3.05, 3.63) is 65.7 Å². The SMILES string of the molecule is CC1=CCC(CCc2ccc(-c3ccc(OC(F)F)cc3)cc2)CC1. The molecule has 0 amide bonds. The van der Waals surface area contributed by atoms with Crippen LogP contribution in [0.15, 0.2) is 60.2 Å². The molecule has 0 aromatic heterocycles. The van der Waals surface area contributed by atoms with Gasteiger partial charge in [0.2, 0.25) is 0 Å². The molecule has 0 N–H and O–H groups in total. The molecule has 1 aliphatic carbocycles. The molecular formula is C22H24F2O. The third kappa shape index (κ3) is 5.15. The number of ether oxygens (including phenoxy) is 1. The largest absolute Gasteiger partial charge is 0.435 e. The summed E-state index contributed by atoms with van der Waals surface area (Å²) in [5.41, 5.74) is 4.97. The second-order valence-corrected chi connectivity index (χ2v) is 6.83. The third-order valence-corrected chi connectivity index (χ3v) is 4.95. The number of hydrogen-bond acceptors (Lipinski definition) is 1. The van der Waals surface area contributed by atoms with Crippen molar-refractivity contribution in [1.82, 2.24) is 0 Å². The zero-order valence-corrected chi connectivity index (χ0v) is 14.6. The third-order valence-electron chi connectivity index (χ3n) is 4.95. The van der Waals surface area contributed by atoms with E-state index in [-0.39, 0.29) is 5.75 Å². The Hall–Kier alpha value is -2.16. The summed E-state index contributed by atoms with van der Waals surface area (Å²) in [6.45, 7) is -0.560. The fraction of sp³-hybridized carbons (Fsp3) is 0.364. The van der Waals surface area contributed by atoms with Crippen molar-refractivity contribution in [3.63, 3.8) is 0 Å². The summed E-state index contributed by atoms with van der Waals surface area (Å²) in [5, 5.41) is 0. The van der Waals surface area contributed by atoms with Crippen LogP contribution in [0.1, 0.15) is 38.2 Å². The van der Waals surface area contributed by atoms with Crippen molar-refractivity contribution in [3.8, 4) is 16.9 Å². The van der Waals surface area contributed by atoms with Gasteiger partial charge in [0.1, 0.15) is 5.75 Å². The molecule has 0 saturated carbocycles. The lowest BCUT2D eigenvalue weighted by atomic mass is 9.86. The molecule has 0 saturated heterocycles. The maximum absolute atomic E-state index is 12.2. The van der Waals surface area contributed by atoms with E-state index in [1.165, 1.54) is 36.8 Å². The smallest absolute Gasteiger partial charge is 0.387 e. The van der Waals surface area contributed by atoms with E-state index >= 15 is 0 Å². The van der Waals surface area contributed by atoms with E-state index in [2.05, 4.69) is 42.0 Å². The van der Waals surface area contributed by atoms with Crippen molar-refractivity contribution in [2.75, 3.05) is 0 Å². The van der Waals surface area contributed by atoms with Crippen LogP contribution < -0.4 is 4.74 Å². The summed E-state index contributed by atoms with van der Waals surface area (Å²) >= 11 is 0. The molecule has 0 aliphatic heterocycles. The molecule has 3 heteroatoms. The van der Waals surface area contributed by atoms with Gasteiger partial charge in [0.05, 0.1) is 0 Å². The van der Waals surface area contributed by atoms with Gasteiger partial charge in [-0.3, -0.25) is 0 Å². The Morgan fingerprint density at radius 1 is 1.00 bits per heavy atom. The van der Waals surface area contributed by atoms with E-state index in [1.807, 2.05) is 12.1 Å². The molecular weight excluding hydrogens is 318 g/mol. The lowest BCUT2D eigenvalue weighted by Gasteiger charge is -2.20. The van der Waals surface area contributed by atoms with Crippen molar-refractivity contribution in [2.24, 2.45) is 5.92 Å². The monoisotopic (exact) mass is 342 g/mol. The Morgan fingerprint density at radius 2 is 1.64 bits per heavy atom. The summed E-state index contributed by atoms with van der Waals surface area (Å²) in [5.74, 6) is 0.998.